The first kappa shape index (κ1) is 14.6. The number of hydrogen-bond donors (Lipinski definition) is 1. The fourth-order valence-corrected chi connectivity index (χ4v) is 2.08. The summed E-state index contributed by atoms with van der Waals surface area (Å²) in [4.78, 5) is 0. The van der Waals surface area contributed by atoms with Gasteiger partial charge < -0.3 is 10.5 Å². The van der Waals surface area contributed by atoms with Crippen LogP contribution in [-0.4, -0.2) is 0 Å². The molecule has 2 aromatic rings. The Labute approximate surface area is 121 Å². The molecule has 20 heavy (non-hydrogen) atoms. The van der Waals surface area contributed by atoms with Crippen LogP contribution in [0.1, 0.15) is 37.5 Å². The van der Waals surface area contributed by atoms with E-state index in [4.69, 9.17) is 10.5 Å². The van der Waals surface area contributed by atoms with Gasteiger partial charge in [-0.1, -0.05) is 45.0 Å². The van der Waals surface area contributed by atoms with Crippen molar-refractivity contribution in [3.05, 3.63) is 59.2 Å². The Hall–Kier alpha value is -1.80. The second-order valence-electron chi connectivity index (χ2n) is 6.19. The maximum atomic E-state index is 5.97. The van der Waals surface area contributed by atoms with E-state index in [2.05, 4.69) is 45.9 Å². The van der Waals surface area contributed by atoms with Gasteiger partial charge in [0.15, 0.2) is 0 Å². The lowest BCUT2D eigenvalue weighted by Crippen LogP contribution is -2.10. The molecule has 106 valence electrons. The van der Waals surface area contributed by atoms with E-state index in [0.29, 0.717) is 6.54 Å². The average molecular weight is 269 g/mol. The molecule has 0 radical (unpaired) electrons. The molecule has 2 nitrogen and oxygen atoms in total. The molecule has 2 aromatic carbocycles. The fourth-order valence-electron chi connectivity index (χ4n) is 2.08. The van der Waals surface area contributed by atoms with E-state index in [0.717, 1.165) is 17.1 Å². The normalized spacial score (nSPS) is 11.4. The van der Waals surface area contributed by atoms with Crippen molar-refractivity contribution >= 4 is 0 Å². The van der Waals surface area contributed by atoms with Gasteiger partial charge in [-0.2, -0.15) is 0 Å². The molecular formula is C18H23NO. The monoisotopic (exact) mass is 269 g/mol. The summed E-state index contributed by atoms with van der Waals surface area (Å²) in [5, 5.41) is 0. The van der Waals surface area contributed by atoms with Crippen LogP contribution in [0.15, 0.2) is 42.5 Å². The second-order valence-corrected chi connectivity index (χ2v) is 6.19. The Kier molecular flexibility index (Phi) is 4.15. The minimum Gasteiger partial charge on any atom is -0.457 e. The first-order chi connectivity index (χ1) is 9.40. The Bertz CT molecular complexity index is 579. The van der Waals surface area contributed by atoms with Crippen molar-refractivity contribution in [2.75, 3.05) is 0 Å². The Morgan fingerprint density at radius 3 is 2.20 bits per heavy atom. The summed E-state index contributed by atoms with van der Waals surface area (Å²) in [5.74, 6) is 1.69. The number of hydrogen-bond acceptors (Lipinski definition) is 2. The molecule has 0 aliphatic heterocycles. The predicted molar refractivity (Wildman–Crippen MR) is 84.3 cm³/mol. The van der Waals surface area contributed by atoms with Crippen LogP contribution in [0.25, 0.3) is 0 Å². The van der Waals surface area contributed by atoms with Gasteiger partial charge in [0.05, 0.1) is 0 Å². The fraction of sp³-hybridized carbons (Fsp3) is 0.333. The molecule has 0 unspecified atom stereocenters. The zero-order valence-electron chi connectivity index (χ0n) is 12.7. The molecule has 2 rings (SSSR count). The van der Waals surface area contributed by atoms with E-state index in [9.17, 15) is 0 Å². The van der Waals surface area contributed by atoms with Crippen molar-refractivity contribution in [1.82, 2.24) is 0 Å². The number of rotatable bonds is 3. The lowest BCUT2D eigenvalue weighted by Gasteiger charge is -2.19. The minimum absolute atomic E-state index is 0.157. The van der Waals surface area contributed by atoms with Crippen molar-refractivity contribution < 1.29 is 4.74 Å². The van der Waals surface area contributed by atoms with Crippen molar-refractivity contribution in [2.45, 2.75) is 39.7 Å². The molecule has 0 amide bonds. The van der Waals surface area contributed by atoms with E-state index < -0.39 is 0 Å². The number of nitrogens with two attached hydrogens (primary N) is 1. The van der Waals surface area contributed by atoms with E-state index >= 15 is 0 Å². The van der Waals surface area contributed by atoms with Crippen LogP contribution < -0.4 is 10.5 Å². The molecule has 0 aliphatic carbocycles. The van der Waals surface area contributed by atoms with Gasteiger partial charge in [-0.25, -0.2) is 0 Å². The van der Waals surface area contributed by atoms with Crippen molar-refractivity contribution in [2.24, 2.45) is 5.73 Å². The molecule has 0 spiro atoms. The van der Waals surface area contributed by atoms with Crippen LogP contribution in [0.4, 0.5) is 0 Å². The van der Waals surface area contributed by atoms with E-state index in [-0.39, 0.29) is 5.41 Å². The zero-order valence-corrected chi connectivity index (χ0v) is 12.7. The Balaban J connectivity index is 2.24. The molecule has 0 heterocycles. The summed E-state index contributed by atoms with van der Waals surface area (Å²) < 4.78 is 5.97. The number of aryl methyl sites for hydroxylation is 1. The van der Waals surface area contributed by atoms with E-state index in [1.807, 2.05) is 24.3 Å². The van der Waals surface area contributed by atoms with Gasteiger partial charge in [-0.3, -0.25) is 0 Å². The highest BCUT2D eigenvalue weighted by atomic mass is 16.5. The largest absolute Gasteiger partial charge is 0.457 e. The van der Waals surface area contributed by atoms with Crippen LogP contribution >= 0.6 is 0 Å². The molecule has 0 saturated carbocycles. The third-order valence-corrected chi connectivity index (χ3v) is 3.39. The van der Waals surface area contributed by atoms with E-state index in [1.165, 1.54) is 11.1 Å². The smallest absolute Gasteiger partial charge is 0.132 e. The highest BCUT2D eigenvalue weighted by molar-refractivity contribution is 5.41. The maximum Gasteiger partial charge on any atom is 0.132 e. The topological polar surface area (TPSA) is 35.2 Å². The molecule has 0 aliphatic rings. The van der Waals surface area contributed by atoms with Gasteiger partial charge in [0.1, 0.15) is 11.5 Å². The Morgan fingerprint density at radius 1 is 1.00 bits per heavy atom. The summed E-state index contributed by atoms with van der Waals surface area (Å²) in [6, 6.07) is 14.4. The van der Waals surface area contributed by atoms with Gasteiger partial charge >= 0.3 is 0 Å². The highest BCUT2D eigenvalue weighted by Gasteiger charge is 2.13. The lowest BCUT2D eigenvalue weighted by atomic mass is 9.87. The zero-order chi connectivity index (χ0) is 14.8. The second kappa shape index (κ2) is 5.68. The van der Waals surface area contributed by atoms with Crippen molar-refractivity contribution in [3.63, 3.8) is 0 Å². The Morgan fingerprint density at radius 2 is 1.65 bits per heavy atom. The van der Waals surface area contributed by atoms with Gasteiger partial charge in [0.25, 0.3) is 0 Å². The first-order valence-electron chi connectivity index (χ1n) is 6.98. The van der Waals surface area contributed by atoms with Crippen LogP contribution in [0.5, 0.6) is 11.5 Å². The van der Waals surface area contributed by atoms with Gasteiger partial charge in [0, 0.05) is 12.1 Å². The van der Waals surface area contributed by atoms with Crippen molar-refractivity contribution in [1.29, 1.82) is 0 Å². The third kappa shape index (κ3) is 3.40. The third-order valence-electron chi connectivity index (χ3n) is 3.39. The summed E-state index contributed by atoms with van der Waals surface area (Å²) in [5.41, 5.74) is 9.41. The molecule has 0 fully saturated rings. The van der Waals surface area contributed by atoms with Gasteiger partial charge in [-0.05, 0) is 41.7 Å². The van der Waals surface area contributed by atoms with Crippen molar-refractivity contribution in [3.8, 4) is 11.5 Å². The molecule has 0 atom stereocenters. The summed E-state index contributed by atoms with van der Waals surface area (Å²) in [7, 11) is 0. The molecule has 2 heteroatoms. The summed E-state index contributed by atoms with van der Waals surface area (Å²) in [6.45, 7) is 9.15. The number of benzene rings is 2. The molecule has 0 saturated heterocycles. The van der Waals surface area contributed by atoms with Gasteiger partial charge in [0.2, 0.25) is 0 Å². The lowest BCUT2D eigenvalue weighted by molar-refractivity contribution is 0.475. The quantitative estimate of drug-likeness (QED) is 0.887. The molecular weight excluding hydrogens is 246 g/mol. The van der Waals surface area contributed by atoms with Crippen LogP contribution in [0.3, 0.4) is 0 Å². The summed E-state index contributed by atoms with van der Waals surface area (Å²) >= 11 is 0. The first-order valence-corrected chi connectivity index (χ1v) is 6.98. The standard InChI is InChI=1S/C18H23NO/c1-13-5-6-14(12-19)17(11-13)20-16-9-7-15(8-10-16)18(2,3)4/h5-11H,12,19H2,1-4H3. The predicted octanol–water partition coefficient (Wildman–Crippen LogP) is 4.54. The number of ether oxygens (including phenoxy) is 1. The molecule has 0 bridgehead atoms. The minimum atomic E-state index is 0.157. The SMILES string of the molecule is Cc1ccc(CN)c(Oc2ccc(C(C)(C)C)cc2)c1. The summed E-state index contributed by atoms with van der Waals surface area (Å²) in [6.07, 6.45) is 0. The van der Waals surface area contributed by atoms with Crippen LogP contribution in [-0.2, 0) is 12.0 Å². The van der Waals surface area contributed by atoms with Crippen LogP contribution in [0.2, 0.25) is 0 Å². The maximum absolute atomic E-state index is 5.97. The van der Waals surface area contributed by atoms with Gasteiger partial charge in [-0.15, -0.1) is 0 Å². The van der Waals surface area contributed by atoms with E-state index in [1.54, 1.807) is 0 Å². The highest BCUT2D eigenvalue weighted by Crippen LogP contribution is 2.29. The average Bonchev–Trinajstić information content (AvgIpc) is 2.38. The molecule has 2 N–H and O–H groups in total. The molecule has 0 aromatic heterocycles. The van der Waals surface area contributed by atoms with Crippen LogP contribution in [0, 0.1) is 6.92 Å².